The van der Waals surface area contributed by atoms with Gasteiger partial charge in [0.2, 0.25) is 0 Å². The lowest BCUT2D eigenvalue weighted by atomic mass is 10.2. The summed E-state index contributed by atoms with van der Waals surface area (Å²) < 4.78 is 15.3. The third kappa shape index (κ3) is 4.18. The fourth-order valence-electron chi connectivity index (χ4n) is 1.38. The molecule has 1 N–H and O–H groups in total. The van der Waals surface area contributed by atoms with Gasteiger partial charge in [-0.3, -0.25) is 0 Å². The molecule has 0 aliphatic rings. The molecule has 0 saturated carbocycles. The molecule has 0 unspecified atom stereocenters. The summed E-state index contributed by atoms with van der Waals surface area (Å²) in [5, 5.41) is 3.25. The van der Waals surface area contributed by atoms with Crippen molar-refractivity contribution in [2.75, 3.05) is 27.9 Å². The number of rotatable bonds is 7. The minimum Gasteiger partial charge on any atom is -0.497 e. The first-order valence-corrected chi connectivity index (χ1v) is 5.19. The summed E-state index contributed by atoms with van der Waals surface area (Å²) in [6.07, 6.45) is -0.203. The minimum absolute atomic E-state index is 0.203. The van der Waals surface area contributed by atoms with E-state index in [4.69, 9.17) is 14.2 Å². The standard InChI is InChI=1S/C12H19NO3/c1-14-11-6-4-5-10(7-11)8-13-9-12(15-2)16-3/h4-7,12-13H,8-9H2,1-3H3. The summed E-state index contributed by atoms with van der Waals surface area (Å²) in [5.74, 6) is 0.870. The smallest absolute Gasteiger partial charge is 0.169 e. The average Bonchev–Trinajstić information content (AvgIpc) is 2.35. The largest absolute Gasteiger partial charge is 0.497 e. The van der Waals surface area contributed by atoms with E-state index in [0.29, 0.717) is 6.54 Å². The predicted molar refractivity (Wildman–Crippen MR) is 62.5 cm³/mol. The van der Waals surface area contributed by atoms with Crippen LogP contribution >= 0.6 is 0 Å². The van der Waals surface area contributed by atoms with Gasteiger partial charge in [-0.1, -0.05) is 12.1 Å². The van der Waals surface area contributed by atoms with Crippen molar-refractivity contribution in [1.82, 2.24) is 5.32 Å². The maximum absolute atomic E-state index is 5.15. The molecule has 1 aromatic rings. The van der Waals surface area contributed by atoms with E-state index in [1.54, 1.807) is 21.3 Å². The van der Waals surface area contributed by atoms with Crippen molar-refractivity contribution in [3.05, 3.63) is 29.8 Å². The third-order valence-electron chi connectivity index (χ3n) is 2.30. The van der Waals surface area contributed by atoms with Crippen LogP contribution in [-0.4, -0.2) is 34.2 Å². The summed E-state index contributed by atoms with van der Waals surface area (Å²) in [6, 6.07) is 7.95. The van der Waals surface area contributed by atoms with Crippen molar-refractivity contribution < 1.29 is 14.2 Å². The van der Waals surface area contributed by atoms with Crippen LogP contribution in [-0.2, 0) is 16.0 Å². The topological polar surface area (TPSA) is 39.7 Å². The quantitative estimate of drug-likeness (QED) is 0.712. The summed E-state index contributed by atoms with van der Waals surface area (Å²) >= 11 is 0. The van der Waals surface area contributed by atoms with E-state index in [-0.39, 0.29) is 6.29 Å². The van der Waals surface area contributed by atoms with Gasteiger partial charge >= 0.3 is 0 Å². The summed E-state index contributed by atoms with van der Waals surface area (Å²) in [6.45, 7) is 1.42. The number of hydrogen-bond acceptors (Lipinski definition) is 4. The van der Waals surface area contributed by atoms with Gasteiger partial charge in [0.1, 0.15) is 5.75 Å². The highest BCUT2D eigenvalue weighted by Crippen LogP contribution is 2.12. The van der Waals surface area contributed by atoms with E-state index in [1.165, 1.54) is 5.56 Å². The number of methoxy groups -OCH3 is 3. The van der Waals surface area contributed by atoms with E-state index in [0.717, 1.165) is 12.3 Å². The first-order valence-electron chi connectivity index (χ1n) is 5.19. The monoisotopic (exact) mass is 225 g/mol. The molecular formula is C12H19NO3. The zero-order valence-corrected chi connectivity index (χ0v) is 10.0. The molecule has 0 aliphatic heterocycles. The molecule has 0 saturated heterocycles. The highest BCUT2D eigenvalue weighted by atomic mass is 16.7. The Labute approximate surface area is 96.5 Å². The van der Waals surface area contributed by atoms with Crippen LogP contribution in [0.15, 0.2) is 24.3 Å². The number of hydrogen-bond donors (Lipinski definition) is 1. The Bertz CT molecular complexity index is 300. The molecule has 0 spiro atoms. The van der Waals surface area contributed by atoms with Gasteiger partial charge in [-0.2, -0.15) is 0 Å². The molecule has 4 nitrogen and oxygen atoms in total. The van der Waals surface area contributed by atoms with Crippen LogP contribution in [0.1, 0.15) is 5.56 Å². The highest BCUT2D eigenvalue weighted by molar-refractivity contribution is 5.28. The Balaban J connectivity index is 2.36. The van der Waals surface area contributed by atoms with Gasteiger partial charge in [0.05, 0.1) is 7.11 Å². The summed E-state index contributed by atoms with van der Waals surface area (Å²) in [5.41, 5.74) is 1.17. The highest BCUT2D eigenvalue weighted by Gasteiger charge is 2.03. The van der Waals surface area contributed by atoms with Crippen molar-refractivity contribution in [3.8, 4) is 5.75 Å². The average molecular weight is 225 g/mol. The Morgan fingerprint density at radius 2 is 1.94 bits per heavy atom. The van der Waals surface area contributed by atoms with Crippen molar-refractivity contribution >= 4 is 0 Å². The Morgan fingerprint density at radius 3 is 2.56 bits per heavy atom. The SMILES string of the molecule is COc1cccc(CNCC(OC)OC)c1. The summed E-state index contributed by atoms with van der Waals surface area (Å²) in [7, 11) is 4.92. The van der Waals surface area contributed by atoms with Crippen molar-refractivity contribution in [2.45, 2.75) is 12.8 Å². The second-order valence-electron chi connectivity index (χ2n) is 3.38. The van der Waals surface area contributed by atoms with Gasteiger partial charge in [0, 0.05) is 27.3 Å². The van der Waals surface area contributed by atoms with E-state index >= 15 is 0 Å². The van der Waals surface area contributed by atoms with Crippen molar-refractivity contribution in [3.63, 3.8) is 0 Å². The lowest BCUT2D eigenvalue weighted by Crippen LogP contribution is -2.29. The number of ether oxygens (including phenoxy) is 3. The lowest BCUT2D eigenvalue weighted by Gasteiger charge is -2.14. The van der Waals surface area contributed by atoms with E-state index in [9.17, 15) is 0 Å². The molecular weight excluding hydrogens is 206 g/mol. The molecule has 0 atom stereocenters. The molecule has 16 heavy (non-hydrogen) atoms. The molecule has 4 heteroatoms. The van der Waals surface area contributed by atoms with Crippen LogP contribution in [0.2, 0.25) is 0 Å². The molecule has 0 bridgehead atoms. The van der Waals surface area contributed by atoms with Gasteiger partial charge < -0.3 is 19.5 Å². The second kappa shape index (κ2) is 7.22. The van der Waals surface area contributed by atoms with Crippen LogP contribution in [0, 0.1) is 0 Å². The molecule has 1 aromatic carbocycles. The van der Waals surface area contributed by atoms with Crippen LogP contribution in [0.5, 0.6) is 5.75 Å². The molecule has 0 aliphatic carbocycles. The lowest BCUT2D eigenvalue weighted by molar-refractivity contribution is -0.0989. The first kappa shape index (κ1) is 13.0. The Morgan fingerprint density at radius 1 is 1.19 bits per heavy atom. The minimum atomic E-state index is -0.203. The zero-order valence-electron chi connectivity index (χ0n) is 10.0. The van der Waals surface area contributed by atoms with Crippen LogP contribution in [0.3, 0.4) is 0 Å². The molecule has 1 rings (SSSR count). The maximum atomic E-state index is 5.15. The van der Waals surface area contributed by atoms with Crippen LogP contribution in [0.4, 0.5) is 0 Å². The van der Waals surface area contributed by atoms with Crippen LogP contribution in [0.25, 0.3) is 0 Å². The second-order valence-corrected chi connectivity index (χ2v) is 3.38. The molecule has 0 fully saturated rings. The van der Waals surface area contributed by atoms with Gasteiger partial charge in [-0.15, -0.1) is 0 Å². The zero-order chi connectivity index (χ0) is 11.8. The van der Waals surface area contributed by atoms with Gasteiger partial charge in [-0.05, 0) is 17.7 Å². The third-order valence-corrected chi connectivity index (χ3v) is 2.30. The molecule has 0 radical (unpaired) electrons. The predicted octanol–water partition coefficient (Wildman–Crippen LogP) is 1.40. The molecule has 0 heterocycles. The van der Waals surface area contributed by atoms with Crippen molar-refractivity contribution in [1.29, 1.82) is 0 Å². The van der Waals surface area contributed by atoms with E-state index < -0.39 is 0 Å². The van der Waals surface area contributed by atoms with E-state index in [1.807, 2.05) is 24.3 Å². The molecule has 0 amide bonds. The fraction of sp³-hybridized carbons (Fsp3) is 0.500. The summed E-state index contributed by atoms with van der Waals surface area (Å²) in [4.78, 5) is 0. The van der Waals surface area contributed by atoms with Crippen LogP contribution < -0.4 is 10.1 Å². The maximum Gasteiger partial charge on any atom is 0.169 e. The van der Waals surface area contributed by atoms with E-state index in [2.05, 4.69) is 5.32 Å². The fourth-order valence-corrected chi connectivity index (χ4v) is 1.38. The molecule has 0 aromatic heterocycles. The van der Waals surface area contributed by atoms with Gasteiger partial charge in [-0.25, -0.2) is 0 Å². The molecule has 90 valence electrons. The van der Waals surface area contributed by atoms with Crippen molar-refractivity contribution in [2.24, 2.45) is 0 Å². The first-order chi connectivity index (χ1) is 7.80. The van der Waals surface area contributed by atoms with Gasteiger partial charge in [0.25, 0.3) is 0 Å². The Hall–Kier alpha value is -1.10. The van der Waals surface area contributed by atoms with Gasteiger partial charge in [0.15, 0.2) is 6.29 Å². The normalized spacial score (nSPS) is 10.8. The number of nitrogens with one attached hydrogen (secondary N) is 1. The Kier molecular flexibility index (Phi) is 5.85. The number of benzene rings is 1.